The van der Waals surface area contributed by atoms with Gasteiger partial charge in [0.15, 0.2) is 0 Å². The number of hydrogen-bond acceptors (Lipinski definition) is 6. The maximum absolute atomic E-state index is 10.9. The first-order chi connectivity index (χ1) is 9.45. The van der Waals surface area contributed by atoms with E-state index in [4.69, 9.17) is 15.6 Å². The Morgan fingerprint density at radius 3 is 2.85 bits per heavy atom. The highest BCUT2D eigenvalue weighted by atomic mass is 16.6. The van der Waals surface area contributed by atoms with Gasteiger partial charge in [-0.05, 0) is 18.9 Å². The molecule has 0 aliphatic heterocycles. The molecule has 0 saturated carbocycles. The number of nitro groups is 1. The SMILES string of the molecule is COc1ccc([N+](=O)[O-])c(NCCC[C@H](N)C(=O)O)c1. The molecule has 0 radical (unpaired) electrons. The summed E-state index contributed by atoms with van der Waals surface area (Å²) in [7, 11) is 1.47. The molecule has 1 aromatic rings. The molecule has 4 N–H and O–H groups in total. The van der Waals surface area contributed by atoms with Crippen LogP contribution in [0.5, 0.6) is 5.75 Å². The fourth-order valence-electron chi connectivity index (χ4n) is 1.61. The molecule has 0 aliphatic carbocycles. The number of rotatable bonds is 8. The second-order valence-corrected chi connectivity index (χ2v) is 4.15. The van der Waals surface area contributed by atoms with Gasteiger partial charge < -0.3 is 20.9 Å². The summed E-state index contributed by atoms with van der Waals surface area (Å²) in [5.74, 6) is -0.558. The number of carboxylic acids is 1. The van der Waals surface area contributed by atoms with Crippen molar-refractivity contribution in [3.05, 3.63) is 28.3 Å². The topological polar surface area (TPSA) is 128 Å². The summed E-state index contributed by atoms with van der Waals surface area (Å²) >= 11 is 0. The largest absolute Gasteiger partial charge is 0.497 e. The maximum Gasteiger partial charge on any atom is 0.320 e. The molecule has 0 fully saturated rings. The van der Waals surface area contributed by atoms with E-state index < -0.39 is 16.9 Å². The van der Waals surface area contributed by atoms with Gasteiger partial charge in [-0.1, -0.05) is 0 Å². The van der Waals surface area contributed by atoms with Gasteiger partial charge in [-0.25, -0.2) is 0 Å². The van der Waals surface area contributed by atoms with Crippen LogP contribution in [-0.2, 0) is 4.79 Å². The standard InChI is InChI=1S/C12H17N3O5/c1-20-8-4-5-11(15(18)19)10(7-8)14-6-2-3-9(13)12(16)17/h4-5,7,9,14H,2-3,6,13H2,1H3,(H,16,17)/t9-/m0/s1. The van der Waals surface area contributed by atoms with Crippen LogP contribution in [-0.4, -0.2) is 35.7 Å². The molecule has 0 spiro atoms. The monoisotopic (exact) mass is 283 g/mol. The summed E-state index contributed by atoms with van der Waals surface area (Å²) in [5, 5.41) is 22.4. The van der Waals surface area contributed by atoms with Gasteiger partial charge in [-0.15, -0.1) is 0 Å². The molecule has 8 heteroatoms. The predicted molar refractivity (Wildman–Crippen MR) is 73.0 cm³/mol. The molecule has 0 saturated heterocycles. The number of nitrogens with two attached hydrogens (primary N) is 1. The number of hydrogen-bond donors (Lipinski definition) is 3. The minimum absolute atomic E-state index is 0.0617. The molecule has 0 unspecified atom stereocenters. The summed E-state index contributed by atoms with van der Waals surface area (Å²) in [6.07, 6.45) is 0.780. The van der Waals surface area contributed by atoms with Crippen molar-refractivity contribution in [3.8, 4) is 5.75 Å². The zero-order chi connectivity index (χ0) is 15.1. The Labute approximate surface area is 115 Å². The molecule has 8 nitrogen and oxygen atoms in total. The lowest BCUT2D eigenvalue weighted by atomic mass is 10.1. The third-order valence-corrected chi connectivity index (χ3v) is 2.72. The van der Waals surface area contributed by atoms with Gasteiger partial charge in [0, 0.05) is 18.7 Å². The van der Waals surface area contributed by atoms with E-state index in [0.29, 0.717) is 30.8 Å². The Balaban J connectivity index is 2.62. The van der Waals surface area contributed by atoms with Crippen LogP contribution in [0.3, 0.4) is 0 Å². The third-order valence-electron chi connectivity index (χ3n) is 2.72. The fourth-order valence-corrected chi connectivity index (χ4v) is 1.61. The van der Waals surface area contributed by atoms with Crippen LogP contribution in [0.15, 0.2) is 18.2 Å². The molecule has 1 rings (SSSR count). The van der Waals surface area contributed by atoms with E-state index >= 15 is 0 Å². The Bertz CT molecular complexity index is 492. The van der Waals surface area contributed by atoms with Crippen molar-refractivity contribution in [3.63, 3.8) is 0 Å². The second-order valence-electron chi connectivity index (χ2n) is 4.15. The van der Waals surface area contributed by atoms with E-state index in [2.05, 4.69) is 5.32 Å². The molecule has 0 amide bonds. The van der Waals surface area contributed by atoms with E-state index in [0.717, 1.165) is 0 Å². The van der Waals surface area contributed by atoms with Crippen molar-refractivity contribution in [1.82, 2.24) is 0 Å². The molecule has 0 aliphatic rings. The predicted octanol–water partition coefficient (Wildman–Crippen LogP) is 1.21. The van der Waals surface area contributed by atoms with E-state index in [1.54, 1.807) is 0 Å². The summed E-state index contributed by atoms with van der Waals surface area (Å²) in [6, 6.07) is 3.46. The van der Waals surface area contributed by atoms with Crippen LogP contribution in [0.2, 0.25) is 0 Å². The van der Waals surface area contributed by atoms with Crippen molar-refractivity contribution in [2.45, 2.75) is 18.9 Å². The molecule has 1 atom stereocenters. The van der Waals surface area contributed by atoms with Gasteiger partial charge in [-0.3, -0.25) is 14.9 Å². The number of ether oxygens (including phenoxy) is 1. The van der Waals surface area contributed by atoms with Crippen molar-refractivity contribution in [1.29, 1.82) is 0 Å². The van der Waals surface area contributed by atoms with Gasteiger partial charge in [0.25, 0.3) is 5.69 Å². The van der Waals surface area contributed by atoms with Gasteiger partial charge in [-0.2, -0.15) is 0 Å². The number of methoxy groups -OCH3 is 1. The molecular weight excluding hydrogens is 266 g/mol. The molecular formula is C12H17N3O5. The molecule has 0 heterocycles. The summed E-state index contributed by atoms with van der Waals surface area (Å²) in [5.41, 5.74) is 5.63. The lowest BCUT2D eigenvalue weighted by Gasteiger charge is -2.10. The van der Waals surface area contributed by atoms with Crippen LogP contribution < -0.4 is 15.8 Å². The van der Waals surface area contributed by atoms with Crippen LogP contribution in [0.25, 0.3) is 0 Å². The smallest absolute Gasteiger partial charge is 0.320 e. The van der Waals surface area contributed by atoms with E-state index in [-0.39, 0.29) is 5.69 Å². The molecule has 1 aromatic carbocycles. The number of nitrogens with zero attached hydrogens (tertiary/aromatic N) is 1. The van der Waals surface area contributed by atoms with Gasteiger partial charge in [0.2, 0.25) is 0 Å². The first kappa shape index (κ1) is 15.7. The number of anilines is 1. The minimum Gasteiger partial charge on any atom is -0.497 e. The van der Waals surface area contributed by atoms with E-state index in [1.165, 1.54) is 25.3 Å². The highest BCUT2D eigenvalue weighted by molar-refractivity contribution is 5.73. The summed E-state index contributed by atoms with van der Waals surface area (Å²) in [6.45, 7) is 0.384. The van der Waals surface area contributed by atoms with Crippen LogP contribution in [0.1, 0.15) is 12.8 Å². The highest BCUT2D eigenvalue weighted by Crippen LogP contribution is 2.28. The average molecular weight is 283 g/mol. The number of carboxylic acid groups (broad SMARTS) is 1. The quantitative estimate of drug-likeness (QED) is 0.371. The number of nitrogens with one attached hydrogen (secondary N) is 1. The van der Waals surface area contributed by atoms with Crippen LogP contribution in [0, 0.1) is 10.1 Å². The lowest BCUT2D eigenvalue weighted by Crippen LogP contribution is -2.30. The summed E-state index contributed by atoms with van der Waals surface area (Å²) < 4.78 is 5.01. The molecule has 110 valence electrons. The van der Waals surface area contributed by atoms with Gasteiger partial charge >= 0.3 is 5.97 Å². The van der Waals surface area contributed by atoms with Crippen molar-refractivity contribution >= 4 is 17.3 Å². The third kappa shape index (κ3) is 4.39. The van der Waals surface area contributed by atoms with E-state index in [9.17, 15) is 14.9 Å². The first-order valence-corrected chi connectivity index (χ1v) is 6.00. The Morgan fingerprint density at radius 1 is 1.60 bits per heavy atom. The highest BCUT2D eigenvalue weighted by Gasteiger charge is 2.15. The normalized spacial score (nSPS) is 11.7. The molecule has 0 bridgehead atoms. The van der Waals surface area contributed by atoms with Crippen molar-refractivity contribution in [2.75, 3.05) is 19.0 Å². The van der Waals surface area contributed by atoms with Crippen LogP contribution >= 0.6 is 0 Å². The van der Waals surface area contributed by atoms with Gasteiger partial charge in [0.05, 0.1) is 12.0 Å². The number of aliphatic carboxylic acids is 1. The average Bonchev–Trinajstić information content (AvgIpc) is 2.42. The Morgan fingerprint density at radius 2 is 2.30 bits per heavy atom. The van der Waals surface area contributed by atoms with Crippen LogP contribution in [0.4, 0.5) is 11.4 Å². The maximum atomic E-state index is 10.9. The molecule has 0 aromatic heterocycles. The van der Waals surface area contributed by atoms with Crippen molar-refractivity contribution in [2.24, 2.45) is 5.73 Å². The zero-order valence-corrected chi connectivity index (χ0v) is 11.0. The van der Waals surface area contributed by atoms with Crippen molar-refractivity contribution < 1.29 is 19.6 Å². The van der Waals surface area contributed by atoms with Gasteiger partial charge in [0.1, 0.15) is 17.5 Å². The fraction of sp³-hybridized carbons (Fsp3) is 0.417. The minimum atomic E-state index is -1.06. The molecule has 20 heavy (non-hydrogen) atoms. The lowest BCUT2D eigenvalue weighted by molar-refractivity contribution is -0.384. The zero-order valence-electron chi connectivity index (χ0n) is 11.0. The Hall–Kier alpha value is -2.35. The number of benzene rings is 1. The number of carbonyl (C=O) groups is 1. The second kappa shape index (κ2) is 7.29. The summed E-state index contributed by atoms with van der Waals surface area (Å²) in [4.78, 5) is 20.9. The number of nitro benzene ring substituents is 1. The Kier molecular flexibility index (Phi) is 5.73. The first-order valence-electron chi connectivity index (χ1n) is 6.00. The van der Waals surface area contributed by atoms with E-state index in [1.807, 2.05) is 0 Å².